The average molecular weight is 351 g/mol. The number of sulfonamides is 1. The Bertz CT molecular complexity index is 1000. The maximum atomic E-state index is 13.2. The summed E-state index contributed by atoms with van der Waals surface area (Å²) in [4.78, 5) is 0.380. The van der Waals surface area contributed by atoms with Gasteiger partial charge in [0.05, 0.1) is 10.9 Å². The second kappa shape index (κ2) is 6.28. The van der Waals surface area contributed by atoms with Gasteiger partial charge in [-0.1, -0.05) is 60.2 Å². The molecule has 1 aliphatic heterocycles. The lowest BCUT2D eigenvalue weighted by atomic mass is 9.98. The molecule has 0 bridgehead atoms. The van der Waals surface area contributed by atoms with Crippen LogP contribution in [-0.2, 0) is 10.0 Å². The second-order valence-corrected chi connectivity index (χ2v) is 8.55. The zero-order valence-electron chi connectivity index (χ0n) is 14.2. The van der Waals surface area contributed by atoms with E-state index < -0.39 is 10.0 Å². The van der Waals surface area contributed by atoms with Crippen LogP contribution in [0.4, 0.5) is 0 Å². The third kappa shape index (κ3) is 2.86. The van der Waals surface area contributed by atoms with Gasteiger partial charge in [0.2, 0.25) is 10.0 Å². The molecular formula is C21H21NO2S. The molecule has 0 radical (unpaired) electrons. The summed E-state index contributed by atoms with van der Waals surface area (Å²) in [7, 11) is -3.49. The number of fused-ring (bicyclic) bond motifs is 1. The molecule has 0 aromatic heterocycles. The Morgan fingerprint density at radius 3 is 2.44 bits per heavy atom. The fraction of sp³-hybridized carbons (Fsp3) is 0.238. The molecule has 1 saturated heterocycles. The maximum Gasteiger partial charge on any atom is 0.243 e. The SMILES string of the molecule is Cc1ccc(S(=O)(=O)N2CCCC2c2cccc3ccccc23)cc1. The van der Waals surface area contributed by atoms with Crippen LogP contribution >= 0.6 is 0 Å². The van der Waals surface area contributed by atoms with Crippen molar-refractivity contribution in [3.05, 3.63) is 77.9 Å². The van der Waals surface area contributed by atoms with Crippen LogP contribution in [0.3, 0.4) is 0 Å². The van der Waals surface area contributed by atoms with Crippen molar-refractivity contribution >= 4 is 20.8 Å². The minimum absolute atomic E-state index is 0.0996. The highest BCUT2D eigenvalue weighted by atomic mass is 32.2. The number of nitrogens with zero attached hydrogens (tertiary/aromatic N) is 1. The molecule has 0 aliphatic carbocycles. The molecule has 1 unspecified atom stereocenters. The van der Waals surface area contributed by atoms with Gasteiger partial charge in [0.25, 0.3) is 0 Å². The molecule has 0 amide bonds. The van der Waals surface area contributed by atoms with E-state index >= 15 is 0 Å². The van der Waals surface area contributed by atoms with Crippen LogP contribution in [-0.4, -0.2) is 19.3 Å². The van der Waals surface area contributed by atoms with E-state index in [-0.39, 0.29) is 6.04 Å². The molecule has 3 aromatic rings. The highest BCUT2D eigenvalue weighted by molar-refractivity contribution is 7.89. The summed E-state index contributed by atoms with van der Waals surface area (Å²) >= 11 is 0. The lowest BCUT2D eigenvalue weighted by molar-refractivity contribution is 0.398. The second-order valence-electron chi connectivity index (χ2n) is 6.66. The predicted octanol–water partition coefficient (Wildman–Crippen LogP) is 4.67. The first-order valence-corrected chi connectivity index (χ1v) is 10.1. The third-order valence-corrected chi connectivity index (χ3v) is 6.94. The summed E-state index contributed by atoms with van der Waals surface area (Å²) in [5.74, 6) is 0. The zero-order valence-corrected chi connectivity index (χ0v) is 15.0. The number of benzene rings is 3. The first-order chi connectivity index (χ1) is 12.1. The molecule has 0 saturated carbocycles. The Labute approximate surface area is 149 Å². The quantitative estimate of drug-likeness (QED) is 0.687. The molecule has 1 heterocycles. The minimum atomic E-state index is -3.49. The Morgan fingerprint density at radius 2 is 1.64 bits per heavy atom. The van der Waals surface area contributed by atoms with Crippen molar-refractivity contribution in [1.29, 1.82) is 0 Å². The fourth-order valence-corrected chi connectivity index (χ4v) is 5.40. The highest BCUT2D eigenvalue weighted by Crippen LogP contribution is 2.39. The molecule has 1 fully saturated rings. The standard InChI is InChI=1S/C21H21NO2S/c1-16-11-13-18(14-12-16)25(23,24)22-15-5-10-21(22)20-9-4-7-17-6-2-3-8-19(17)20/h2-4,6-9,11-14,21H,5,10,15H2,1H3. The van der Waals surface area contributed by atoms with Gasteiger partial charge < -0.3 is 0 Å². The van der Waals surface area contributed by atoms with E-state index in [0.717, 1.165) is 34.7 Å². The largest absolute Gasteiger partial charge is 0.243 e. The van der Waals surface area contributed by atoms with Gasteiger partial charge in [0.15, 0.2) is 0 Å². The summed E-state index contributed by atoms with van der Waals surface area (Å²) in [5, 5.41) is 2.29. The normalized spacial score (nSPS) is 18.7. The van der Waals surface area contributed by atoms with Crippen LogP contribution in [0.5, 0.6) is 0 Å². The van der Waals surface area contributed by atoms with Crippen LogP contribution in [0.15, 0.2) is 71.6 Å². The van der Waals surface area contributed by atoms with Crippen molar-refractivity contribution in [2.45, 2.75) is 30.7 Å². The first-order valence-electron chi connectivity index (χ1n) is 8.63. The summed E-state index contributed by atoms with van der Waals surface area (Å²) in [6.45, 7) is 2.54. The van der Waals surface area contributed by atoms with Crippen molar-refractivity contribution in [2.24, 2.45) is 0 Å². The molecule has 1 aliphatic rings. The molecule has 4 heteroatoms. The van der Waals surface area contributed by atoms with Crippen LogP contribution in [0, 0.1) is 6.92 Å². The molecular weight excluding hydrogens is 330 g/mol. The van der Waals surface area contributed by atoms with Crippen molar-refractivity contribution in [3.8, 4) is 0 Å². The van der Waals surface area contributed by atoms with Crippen LogP contribution in [0.2, 0.25) is 0 Å². The molecule has 3 aromatic carbocycles. The molecule has 3 nitrogen and oxygen atoms in total. The van der Waals surface area contributed by atoms with E-state index in [4.69, 9.17) is 0 Å². The highest BCUT2D eigenvalue weighted by Gasteiger charge is 2.36. The number of rotatable bonds is 3. The molecule has 0 N–H and O–H groups in total. The number of hydrogen-bond acceptors (Lipinski definition) is 2. The van der Waals surface area contributed by atoms with E-state index in [1.165, 1.54) is 0 Å². The summed E-state index contributed by atoms with van der Waals surface area (Å²) in [6, 6.07) is 21.4. The minimum Gasteiger partial charge on any atom is -0.207 e. The van der Waals surface area contributed by atoms with Gasteiger partial charge in [-0.2, -0.15) is 4.31 Å². The smallest absolute Gasteiger partial charge is 0.207 e. The molecule has 0 spiro atoms. The van der Waals surface area contributed by atoms with Gasteiger partial charge in [0, 0.05) is 6.54 Å². The van der Waals surface area contributed by atoms with E-state index in [1.54, 1.807) is 16.4 Å². The van der Waals surface area contributed by atoms with Crippen molar-refractivity contribution in [1.82, 2.24) is 4.31 Å². The monoisotopic (exact) mass is 351 g/mol. The Morgan fingerprint density at radius 1 is 0.920 bits per heavy atom. The maximum absolute atomic E-state index is 13.2. The first kappa shape index (κ1) is 16.3. The van der Waals surface area contributed by atoms with E-state index in [1.807, 2.05) is 37.3 Å². The summed E-state index contributed by atoms with van der Waals surface area (Å²) in [6.07, 6.45) is 1.75. The van der Waals surface area contributed by atoms with Crippen LogP contribution in [0.1, 0.15) is 30.0 Å². The summed E-state index contributed by atoms with van der Waals surface area (Å²) in [5.41, 5.74) is 2.16. The van der Waals surface area contributed by atoms with E-state index in [2.05, 4.69) is 24.3 Å². The van der Waals surface area contributed by atoms with E-state index in [0.29, 0.717) is 11.4 Å². The average Bonchev–Trinajstić information content (AvgIpc) is 3.12. The number of hydrogen-bond donors (Lipinski definition) is 0. The Hall–Kier alpha value is -2.17. The van der Waals surface area contributed by atoms with Crippen molar-refractivity contribution in [3.63, 3.8) is 0 Å². The Balaban J connectivity index is 1.79. The van der Waals surface area contributed by atoms with Crippen LogP contribution < -0.4 is 0 Å². The van der Waals surface area contributed by atoms with Crippen LogP contribution in [0.25, 0.3) is 10.8 Å². The van der Waals surface area contributed by atoms with Gasteiger partial charge >= 0.3 is 0 Å². The molecule has 128 valence electrons. The molecule has 4 rings (SSSR count). The van der Waals surface area contributed by atoms with Crippen molar-refractivity contribution < 1.29 is 8.42 Å². The Kier molecular flexibility index (Phi) is 4.10. The lowest BCUT2D eigenvalue weighted by Crippen LogP contribution is -2.30. The topological polar surface area (TPSA) is 37.4 Å². The van der Waals surface area contributed by atoms with Gasteiger partial charge in [-0.25, -0.2) is 8.42 Å². The lowest BCUT2D eigenvalue weighted by Gasteiger charge is -2.25. The van der Waals surface area contributed by atoms with Crippen molar-refractivity contribution in [2.75, 3.05) is 6.54 Å². The molecule has 1 atom stereocenters. The predicted molar refractivity (Wildman–Crippen MR) is 101 cm³/mol. The van der Waals surface area contributed by atoms with Gasteiger partial charge in [-0.05, 0) is 48.2 Å². The summed E-state index contributed by atoms with van der Waals surface area (Å²) < 4.78 is 28.1. The van der Waals surface area contributed by atoms with E-state index in [9.17, 15) is 8.42 Å². The van der Waals surface area contributed by atoms with Gasteiger partial charge in [-0.3, -0.25) is 0 Å². The third-order valence-electron chi connectivity index (χ3n) is 5.01. The van der Waals surface area contributed by atoms with Gasteiger partial charge in [-0.15, -0.1) is 0 Å². The van der Waals surface area contributed by atoms with Gasteiger partial charge in [0.1, 0.15) is 0 Å². The zero-order chi connectivity index (χ0) is 17.4. The number of aryl methyl sites for hydroxylation is 1. The molecule has 25 heavy (non-hydrogen) atoms. The fourth-order valence-electron chi connectivity index (χ4n) is 3.73.